The lowest BCUT2D eigenvalue weighted by Crippen LogP contribution is -2.56. The van der Waals surface area contributed by atoms with Crippen LogP contribution in [-0.4, -0.2) is 82.0 Å². The number of hydrogen-bond donors (Lipinski definition) is 7. The van der Waals surface area contributed by atoms with E-state index in [9.17, 15) is 28.8 Å². The average Bonchev–Trinajstić information content (AvgIpc) is 2.67. The second kappa shape index (κ2) is 14.2. The normalized spacial score (nSPS) is 14.4. The number of rotatable bonds is 15. The van der Waals surface area contributed by atoms with Crippen molar-refractivity contribution in [1.82, 2.24) is 16.0 Å². The number of aliphatic carboxylic acids is 2. The summed E-state index contributed by atoms with van der Waals surface area (Å²) >= 11 is 1.50. The second-order valence-corrected chi connectivity index (χ2v) is 7.67. The molecule has 0 aromatic carbocycles. The molecule has 13 nitrogen and oxygen atoms in total. The maximum absolute atomic E-state index is 12.4. The Balaban J connectivity index is 5.15. The Bertz CT molecular complexity index is 689. The van der Waals surface area contributed by atoms with Gasteiger partial charge in [0.15, 0.2) is 0 Å². The van der Waals surface area contributed by atoms with Gasteiger partial charge in [-0.2, -0.15) is 11.8 Å². The number of amides is 4. The van der Waals surface area contributed by atoms with Crippen molar-refractivity contribution >= 4 is 47.3 Å². The Hall–Kier alpha value is -2.87. The van der Waals surface area contributed by atoms with Crippen molar-refractivity contribution in [2.75, 3.05) is 12.0 Å². The van der Waals surface area contributed by atoms with E-state index in [1.165, 1.54) is 18.7 Å². The summed E-state index contributed by atoms with van der Waals surface area (Å²) in [6.07, 6.45) is 0.780. The third-order valence-electron chi connectivity index (χ3n) is 4.03. The second-order valence-electron chi connectivity index (χ2n) is 6.68. The maximum Gasteiger partial charge on any atom is 0.326 e. The molecule has 4 atom stereocenters. The van der Waals surface area contributed by atoms with E-state index in [1.807, 2.05) is 11.6 Å². The molecule has 0 saturated heterocycles. The van der Waals surface area contributed by atoms with Gasteiger partial charge < -0.3 is 37.6 Å². The standard InChI is InChI=1S/C17H29N5O8S/c1-8(20-15(27)9(18)5-6-31-2)14(26)21-10(3-4-12(19)23)16(28)22-11(17(29)30)7-13(24)25/h8-11H,3-7,18H2,1-2H3,(H2,19,23)(H,20,27)(H,21,26)(H,22,28)(H,24,25)(H,29,30). The third kappa shape index (κ3) is 11.8. The van der Waals surface area contributed by atoms with Gasteiger partial charge in [0.1, 0.15) is 18.1 Å². The Morgan fingerprint density at radius 2 is 1.48 bits per heavy atom. The zero-order valence-electron chi connectivity index (χ0n) is 17.3. The molecule has 0 spiro atoms. The summed E-state index contributed by atoms with van der Waals surface area (Å²) < 4.78 is 0. The van der Waals surface area contributed by atoms with Gasteiger partial charge in [-0.3, -0.25) is 24.0 Å². The first-order chi connectivity index (χ1) is 14.4. The summed E-state index contributed by atoms with van der Waals surface area (Å²) in [4.78, 5) is 69.8. The first-order valence-electron chi connectivity index (χ1n) is 9.27. The van der Waals surface area contributed by atoms with Crippen molar-refractivity contribution in [2.24, 2.45) is 11.5 Å². The number of carboxylic acid groups (broad SMARTS) is 2. The number of carbonyl (C=O) groups excluding carboxylic acids is 4. The summed E-state index contributed by atoms with van der Waals surface area (Å²) in [6, 6.07) is -5.06. The summed E-state index contributed by atoms with van der Waals surface area (Å²) in [5.41, 5.74) is 10.8. The molecule has 0 saturated carbocycles. The first kappa shape index (κ1) is 28.1. The van der Waals surface area contributed by atoms with Crippen LogP contribution in [0.2, 0.25) is 0 Å². The fraction of sp³-hybridized carbons (Fsp3) is 0.647. The molecule has 0 aliphatic rings. The van der Waals surface area contributed by atoms with Gasteiger partial charge >= 0.3 is 11.9 Å². The monoisotopic (exact) mass is 463 g/mol. The fourth-order valence-electron chi connectivity index (χ4n) is 2.26. The molecule has 0 bridgehead atoms. The highest BCUT2D eigenvalue weighted by Crippen LogP contribution is 2.03. The molecule has 0 aliphatic heterocycles. The zero-order valence-corrected chi connectivity index (χ0v) is 18.1. The Morgan fingerprint density at radius 1 is 0.903 bits per heavy atom. The molecule has 0 aromatic rings. The summed E-state index contributed by atoms with van der Waals surface area (Å²) in [7, 11) is 0. The molecular weight excluding hydrogens is 434 g/mol. The molecule has 14 heteroatoms. The smallest absolute Gasteiger partial charge is 0.326 e. The Kier molecular flexibility index (Phi) is 12.9. The van der Waals surface area contributed by atoms with Crippen LogP contribution in [0.25, 0.3) is 0 Å². The van der Waals surface area contributed by atoms with Crippen molar-refractivity contribution in [3.05, 3.63) is 0 Å². The van der Waals surface area contributed by atoms with Gasteiger partial charge in [-0.15, -0.1) is 0 Å². The number of hydrogen-bond acceptors (Lipinski definition) is 8. The fourth-order valence-corrected chi connectivity index (χ4v) is 2.75. The maximum atomic E-state index is 12.4. The molecule has 4 amide bonds. The van der Waals surface area contributed by atoms with E-state index in [4.69, 9.17) is 21.7 Å². The average molecular weight is 464 g/mol. The molecule has 31 heavy (non-hydrogen) atoms. The largest absolute Gasteiger partial charge is 0.481 e. The molecule has 0 aromatic heterocycles. The minimum Gasteiger partial charge on any atom is -0.481 e. The quantitative estimate of drug-likeness (QED) is 0.133. The van der Waals surface area contributed by atoms with Crippen LogP contribution < -0.4 is 27.4 Å². The highest BCUT2D eigenvalue weighted by molar-refractivity contribution is 7.98. The highest BCUT2D eigenvalue weighted by Gasteiger charge is 2.30. The van der Waals surface area contributed by atoms with E-state index in [0.717, 1.165) is 0 Å². The van der Waals surface area contributed by atoms with E-state index in [1.54, 1.807) is 0 Å². The van der Waals surface area contributed by atoms with Gasteiger partial charge in [0, 0.05) is 6.42 Å². The summed E-state index contributed by atoms with van der Waals surface area (Å²) in [5.74, 6) is -5.55. The summed E-state index contributed by atoms with van der Waals surface area (Å²) in [5, 5.41) is 24.5. The number of nitrogens with one attached hydrogen (secondary N) is 3. The summed E-state index contributed by atoms with van der Waals surface area (Å²) in [6.45, 7) is 1.35. The van der Waals surface area contributed by atoms with Crippen LogP contribution in [0, 0.1) is 0 Å². The topological polar surface area (TPSA) is 231 Å². The highest BCUT2D eigenvalue weighted by atomic mass is 32.2. The van der Waals surface area contributed by atoms with Crippen LogP contribution in [0.1, 0.15) is 32.6 Å². The number of carbonyl (C=O) groups is 6. The van der Waals surface area contributed by atoms with Crippen LogP contribution in [0.15, 0.2) is 0 Å². The van der Waals surface area contributed by atoms with Crippen molar-refractivity contribution in [1.29, 1.82) is 0 Å². The van der Waals surface area contributed by atoms with E-state index in [-0.39, 0.29) is 12.8 Å². The number of carboxylic acids is 2. The lowest BCUT2D eigenvalue weighted by molar-refractivity contribution is -0.147. The lowest BCUT2D eigenvalue weighted by Gasteiger charge is -2.23. The molecule has 176 valence electrons. The third-order valence-corrected chi connectivity index (χ3v) is 4.67. The molecule has 0 rings (SSSR count). The van der Waals surface area contributed by atoms with Gasteiger partial charge in [0.2, 0.25) is 23.6 Å². The zero-order chi connectivity index (χ0) is 24.1. The number of nitrogens with two attached hydrogens (primary N) is 2. The minimum atomic E-state index is -1.75. The van der Waals surface area contributed by atoms with Crippen LogP contribution in [0.3, 0.4) is 0 Å². The van der Waals surface area contributed by atoms with Gasteiger partial charge in [-0.25, -0.2) is 4.79 Å². The van der Waals surface area contributed by atoms with Crippen LogP contribution in [-0.2, 0) is 28.8 Å². The van der Waals surface area contributed by atoms with Crippen LogP contribution in [0.4, 0.5) is 0 Å². The lowest BCUT2D eigenvalue weighted by atomic mass is 10.1. The molecule has 0 heterocycles. The van der Waals surface area contributed by atoms with E-state index in [0.29, 0.717) is 12.2 Å². The SMILES string of the molecule is CSCCC(N)C(=O)NC(C)C(=O)NC(CCC(N)=O)C(=O)NC(CC(=O)O)C(=O)O. The number of primary amides is 1. The van der Waals surface area contributed by atoms with Gasteiger partial charge in [0.05, 0.1) is 12.5 Å². The molecule has 0 aliphatic carbocycles. The van der Waals surface area contributed by atoms with Crippen molar-refractivity contribution in [3.63, 3.8) is 0 Å². The van der Waals surface area contributed by atoms with E-state index < -0.39 is 66.2 Å². The van der Waals surface area contributed by atoms with Crippen molar-refractivity contribution in [3.8, 4) is 0 Å². The van der Waals surface area contributed by atoms with E-state index >= 15 is 0 Å². The predicted octanol–water partition coefficient (Wildman–Crippen LogP) is -2.63. The molecule has 4 unspecified atom stereocenters. The van der Waals surface area contributed by atoms with Gasteiger partial charge in [-0.1, -0.05) is 0 Å². The molecule has 0 fully saturated rings. The molecule has 0 radical (unpaired) electrons. The molecular formula is C17H29N5O8S. The minimum absolute atomic E-state index is 0.264. The van der Waals surface area contributed by atoms with Crippen LogP contribution in [0.5, 0.6) is 0 Å². The Labute approximate surface area is 183 Å². The van der Waals surface area contributed by atoms with Gasteiger partial charge in [-0.05, 0) is 31.8 Å². The van der Waals surface area contributed by atoms with E-state index in [2.05, 4.69) is 10.6 Å². The van der Waals surface area contributed by atoms with Crippen molar-refractivity contribution < 1.29 is 39.0 Å². The first-order valence-corrected chi connectivity index (χ1v) is 10.7. The number of thioether (sulfide) groups is 1. The Morgan fingerprint density at radius 3 is 1.97 bits per heavy atom. The van der Waals surface area contributed by atoms with Crippen molar-refractivity contribution in [2.45, 2.75) is 56.8 Å². The van der Waals surface area contributed by atoms with Crippen LogP contribution >= 0.6 is 11.8 Å². The predicted molar refractivity (Wildman–Crippen MR) is 111 cm³/mol. The van der Waals surface area contributed by atoms with Gasteiger partial charge in [0.25, 0.3) is 0 Å². The molecule has 9 N–H and O–H groups in total.